The third-order valence-corrected chi connectivity index (χ3v) is 8.70. The van der Waals surface area contributed by atoms with E-state index in [-0.39, 0.29) is 22.4 Å². The van der Waals surface area contributed by atoms with Crippen molar-refractivity contribution in [2.45, 2.75) is 28.7 Å². The van der Waals surface area contributed by atoms with Gasteiger partial charge < -0.3 is 10.1 Å². The molecule has 9 nitrogen and oxygen atoms in total. The lowest BCUT2D eigenvalue weighted by molar-refractivity contribution is -0.116. The molecule has 2 aromatic carbocycles. The molecule has 0 bridgehead atoms. The molecule has 1 aliphatic rings. The minimum Gasteiger partial charge on any atom is -0.377 e. The normalized spacial score (nSPS) is 17.1. The van der Waals surface area contributed by atoms with E-state index in [9.17, 15) is 21.6 Å². The average molecular weight is 482 g/mol. The van der Waals surface area contributed by atoms with Crippen LogP contribution in [0.25, 0.3) is 0 Å². The van der Waals surface area contributed by atoms with Crippen LogP contribution in [-0.2, 0) is 29.6 Å². The first kappa shape index (κ1) is 24.3. The number of nitrogens with one attached hydrogen (secondary N) is 1. The van der Waals surface area contributed by atoms with E-state index in [2.05, 4.69) is 5.32 Å². The molecule has 1 heterocycles. The van der Waals surface area contributed by atoms with Crippen LogP contribution in [0.4, 0.5) is 5.69 Å². The van der Waals surface area contributed by atoms with Crippen LogP contribution in [0.2, 0.25) is 0 Å². The summed E-state index contributed by atoms with van der Waals surface area (Å²) in [5.41, 5.74) is 0.560. The van der Waals surface area contributed by atoms with Crippen molar-refractivity contribution in [1.29, 1.82) is 0 Å². The fourth-order valence-corrected chi connectivity index (χ4v) is 5.62. The lowest BCUT2D eigenvalue weighted by Gasteiger charge is -2.24. The van der Waals surface area contributed by atoms with E-state index in [1.54, 1.807) is 24.3 Å². The maximum Gasteiger partial charge on any atom is 0.243 e. The van der Waals surface area contributed by atoms with E-state index in [4.69, 9.17) is 4.74 Å². The molecular formula is C21H27N3O6S2. The van der Waals surface area contributed by atoms with Crippen LogP contribution in [0.15, 0.2) is 64.4 Å². The van der Waals surface area contributed by atoms with Gasteiger partial charge in [-0.05, 0) is 49.2 Å². The minimum absolute atomic E-state index is 0.0195. The standard InChI is InChI=1S/C21H27N3O6S2/c1-23(2)31(26,27)19-10-12-20(13-11-19)32(28,29)24(15-18-9-6-14-30-18)16-21(25)22-17-7-4-3-5-8-17/h3-5,7-8,10-13,18H,6,9,14-16H2,1-2H3,(H,22,25)/t18-/m0/s1. The average Bonchev–Trinajstić information content (AvgIpc) is 3.27. The molecule has 1 fully saturated rings. The van der Waals surface area contributed by atoms with Gasteiger partial charge in [0.05, 0.1) is 22.4 Å². The first-order chi connectivity index (χ1) is 15.1. The van der Waals surface area contributed by atoms with Crippen LogP contribution in [0.5, 0.6) is 0 Å². The van der Waals surface area contributed by atoms with Gasteiger partial charge in [-0.25, -0.2) is 21.1 Å². The van der Waals surface area contributed by atoms with E-state index in [1.807, 2.05) is 6.07 Å². The van der Waals surface area contributed by atoms with Crippen molar-refractivity contribution in [2.75, 3.05) is 39.1 Å². The van der Waals surface area contributed by atoms with Crippen molar-refractivity contribution in [2.24, 2.45) is 0 Å². The Kier molecular flexibility index (Phi) is 7.67. The van der Waals surface area contributed by atoms with Gasteiger partial charge >= 0.3 is 0 Å². The van der Waals surface area contributed by atoms with Gasteiger partial charge in [-0.2, -0.15) is 4.31 Å². The fraction of sp³-hybridized carbons (Fsp3) is 0.381. The number of nitrogens with zero attached hydrogens (tertiary/aromatic N) is 2. The summed E-state index contributed by atoms with van der Waals surface area (Å²) in [5, 5.41) is 2.69. The van der Waals surface area contributed by atoms with Crippen molar-refractivity contribution in [3.8, 4) is 0 Å². The molecule has 0 aromatic heterocycles. The molecule has 0 spiro atoms. The highest BCUT2D eigenvalue weighted by Crippen LogP contribution is 2.22. The van der Waals surface area contributed by atoms with Crippen molar-refractivity contribution in [1.82, 2.24) is 8.61 Å². The first-order valence-electron chi connectivity index (χ1n) is 10.1. The van der Waals surface area contributed by atoms with Gasteiger partial charge in [-0.15, -0.1) is 0 Å². The number of hydrogen-bond acceptors (Lipinski definition) is 6. The number of hydrogen-bond donors (Lipinski definition) is 1. The Bertz CT molecular complexity index is 1130. The van der Waals surface area contributed by atoms with Crippen LogP contribution in [0.1, 0.15) is 12.8 Å². The molecule has 1 atom stereocenters. The molecule has 1 saturated heterocycles. The molecule has 0 radical (unpaired) electrons. The number of para-hydroxylation sites is 1. The molecule has 1 aliphatic heterocycles. The molecule has 0 aliphatic carbocycles. The Hall–Kier alpha value is -2.31. The molecule has 0 unspecified atom stereocenters. The Morgan fingerprint density at radius 1 is 0.969 bits per heavy atom. The zero-order valence-electron chi connectivity index (χ0n) is 18.0. The van der Waals surface area contributed by atoms with Crippen molar-refractivity contribution < 1.29 is 26.4 Å². The Labute approximate surface area is 189 Å². The molecule has 1 amide bonds. The van der Waals surface area contributed by atoms with Gasteiger partial charge in [0.15, 0.2) is 0 Å². The number of rotatable bonds is 9. The summed E-state index contributed by atoms with van der Waals surface area (Å²) in [5.74, 6) is -0.482. The lowest BCUT2D eigenvalue weighted by Crippen LogP contribution is -2.42. The number of ether oxygens (including phenoxy) is 1. The van der Waals surface area contributed by atoms with Gasteiger partial charge in [0.25, 0.3) is 0 Å². The van der Waals surface area contributed by atoms with Gasteiger partial charge in [0, 0.05) is 32.9 Å². The molecule has 2 aromatic rings. The smallest absolute Gasteiger partial charge is 0.243 e. The van der Waals surface area contributed by atoms with Gasteiger partial charge in [0.2, 0.25) is 26.0 Å². The Morgan fingerprint density at radius 2 is 1.56 bits per heavy atom. The SMILES string of the molecule is CN(C)S(=O)(=O)c1ccc(S(=O)(=O)N(CC(=O)Nc2ccccc2)C[C@@H]2CCCO2)cc1. The van der Waals surface area contributed by atoms with Gasteiger partial charge in [-0.3, -0.25) is 4.79 Å². The van der Waals surface area contributed by atoms with Crippen LogP contribution < -0.4 is 5.32 Å². The molecule has 1 N–H and O–H groups in total. The Balaban J connectivity index is 1.84. The number of carbonyl (C=O) groups is 1. The number of carbonyl (C=O) groups excluding carboxylic acids is 1. The first-order valence-corrected chi connectivity index (χ1v) is 13.0. The summed E-state index contributed by atoms with van der Waals surface area (Å²) in [7, 11) is -4.97. The summed E-state index contributed by atoms with van der Waals surface area (Å²) in [6, 6.07) is 13.7. The molecular weight excluding hydrogens is 454 g/mol. The summed E-state index contributed by atoms with van der Waals surface area (Å²) < 4.78 is 58.9. The Morgan fingerprint density at radius 3 is 2.09 bits per heavy atom. The zero-order valence-corrected chi connectivity index (χ0v) is 19.6. The van der Waals surface area contributed by atoms with Crippen LogP contribution in [-0.4, -0.2) is 71.2 Å². The quantitative estimate of drug-likeness (QED) is 0.584. The molecule has 3 rings (SSSR count). The summed E-state index contributed by atoms with van der Waals surface area (Å²) in [6.45, 7) is 0.184. The van der Waals surface area contributed by atoms with E-state index >= 15 is 0 Å². The molecule has 11 heteroatoms. The van der Waals surface area contributed by atoms with E-state index < -0.39 is 32.5 Å². The predicted molar refractivity (Wildman–Crippen MR) is 120 cm³/mol. The third kappa shape index (κ3) is 5.73. The van der Waals surface area contributed by atoms with Crippen LogP contribution in [0, 0.1) is 0 Å². The molecule has 174 valence electrons. The van der Waals surface area contributed by atoms with Gasteiger partial charge in [-0.1, -0.05) is 18.2 Å². The third-order valence-electron chi connectivity index (χ3n) is 5.05. The summed E-state index contributed by atoms with van der Waals surface area (Å²) >= 11 is 0. The van der Waals surface area contributed by atoms with Crippen LogP contribution >= 0.6 is 0 Å². The maximum atomic E-state index is 13.3. The minimum atomic E-state index is -4.07. The summed E-state index contributed by atoms with van der Waals surface area (Å²) in [6.07, 6.45) is 1.22. The highest BCUT2D eigenvalue weighted by Gasteiger charge is 2.31. The molecule has 0 saturated carbocycles. The zero-order chi connectivity index (χ0) is 23.4. The lowest BCUT2D eigenvalue weighted by atomic mass is 10.2. The fourth-order valence-electron chi connectivity index (χ4n) is 3.29. The largest absolute Gasteiger partial charge is 0.377 e. The van der Waals surface area contributed by atoms with Crippen LogP contribution in [0.3, 0.4) is 0 Å². The second-order valence-electron chi connectivity index (χ2n) is 7.61. The number of anilines is 1. The van der Waals surface area contributed by atoms with E-state index in [1.165, 1.54) is 38.4 Å². The van der Waals surface area contributed by atoms with Crippen molar-refractivity contribution in [3.05, 3.63) is 54.6 Å². The molecule has 32 heavy (non-hydrogen) atoms. The predicted octanol–water partition coefficient (Wildman–Crippen LogP) is 1.75. The van der Waals surface area contributed by atoms with E-state index in [0.29, 0.717) is 18.7 Å². The topological polar surface area (TPSA) is 113 Å². The second-order valence-corrected chi connectivity index (χ2v) is 11.7. The van der Waals surface area contributed by atoms with E-state index in [0.717, 1.165) is 15.0 Å². The monoisotopic (exact) mass is 481 g/mol. The van der Waals surface area contributed by atoms with Crippen molar-refractivity contribution >= 4 is 31.6 Å². The highest BCUT2D eigenvalue weighted by atomic mass is 32.2. The maximum absolute atomic E-state index is 13.3. The van der Waals surface area contributed by atoms with Crippen molar-refractivity contribution in [3.63, 3.8) is 0 Å². The summed E-state index contributed by atoms with van der Waals surface area (Å²) in [4.78, 5) is 12.5. The number of benzene rings is 2. The second kappa shape index (κ2) is 10.1. The highest BCUT2D eigenvalue weighted by molar-refractivity contribution is 7.89. The number of sulfonamides is 2. The van der Waals surface area contributed by atoms with Gasteiger partial charge in [0.1, 0.15) is 0 Å². The number of amides is 1.